The van der Waals surface area contributed by atoms with Crippen molar-refractivity contribution >= 4 is 25.0 Å². The summed E-state index contributed by atoms with van der Waals surface area (Å²) in [6, 6.07) is 18.2. The summed E-state index contributed by atoms with van der Waals surface area (Å²) in [5.74, 6) is 2.39. The number of carbonyl (C=O) groups is 1. The molecule has 0 spiro atoms. The number of aliphatic imine (C=N–C) groups is 1. The molecule has 1 amide bonds. The van der Waals surface area contributed by atoms with Crippen LogP contribution in [0, 0.1) is 18.8 Å². The molecule has 3 nitrogen and oxygen atoms in total. The van der Waals surface area contributed by atoms with E-state index in [9.17, 15) is 0 Å². The zero-order valence-corrected chi connectivity index (χ0v) is 28.9. The first kappa shape index (κ1) is 31.6. The SMILES string of the molecule is Cc1ccccc1C(=O)N1C(c2ccccc2P(C2CCCCC2)C2CCCCC2)=N[C@H](C2CCCCC2)[C@H]1C1CCCCC1. The lowest BCUT2D eigenvalue weighted by atomic mass is 9.74. The van der Waals surface area contributed by atoms with Crippen LogP contribution in [0.5, 0.6) is 0 Å². The highest BCUT2D eigenvalue weighted by molar-refractivity contribution is 7.67. The summed E-state index contributed by atoms with van der Waals surface area (Å²) in [5.41, 5.74) is 4.92. The smallest absolute Gasteiger partial charge is 0.260 e. The molecule has 0 aromatic heterocycles. The number of rotatable bonds is 7. The number of carbonyl (C=O) groups excluding carboxylic acids is 1. The van der Waals surface area contributed by atoms with E-state index in [1.54, 1.807) is 5.30 Å². The molecule has 2 atom stereocenters. The molecule has 1 aliphatic heterocycles. The van der Waals surface area contributed by atoms with Gasteiger partial charge in [0.25, 0.3) is 5.91 Å². The van der Waals surface area contributed by atoms with Crippen molar-refractivity contribution in [2.45, 2.75) is 159 Å². The lowest BCUT2D eigenvalue weighted by Gasteiger charge is -2.41. The molecule has 7 rings (SSSR count). The molecule has 0 bridgehead atoms. The summed E-state index contributed by atoms with van der Waals surface area (Å²) in [5, 5.41) is 1.58. The molecule has 4 aliphatic carbocycles. The van der Waals surface area contributed by atoms with E-state index in [0.29, 0.717) is 11.8 Å². The van der Waals surface area contributed by atoms with Gasteiger partial charge in [-0.3, -0.25) is 14.7 Å². The van der Waals surface area contributed by atoms with Crippen LogP contribution in [-0.2, 0) is 0 Å². The van der Waals surface area contributed by atoms with Crippen LogP contribution in [-0.4, -0.2) is 40.0 Å². The fourth-order valence-corrected chi connectivity index (χ4v) is 14.0. The highest BCUT2D eigenvalue weighted by atomic mass is 31.1. The zero-order chi connectivity index (χ0) is 30.6. The monoisotopic (exact) mass is 624 g/mol. The summed E-state index contributed by atoms with van der Waals surface area (Å²) < 4.78 is 0. The molecule has 4 saturated carbocycles. The van der Waals surface area contributed by atoms with E-state index in [-0.39, 0.29) is 25.9 Å². The first-order chi connectivity index (χ1) is 22.2. The van der Waals surface area contributed by atoms with Crippen LogP contribution < -0.4 is 5.30 Å². The summed E-state index contributed by atoms with van der Waals surface area (Å²) in [6.07, 6.45) is 26.9. The van der Waals surface area contributed by atoms with Crippen molar-refractivity contribution in [1.82, 2.24) is 4.90 Å². The van der Waals surface area contributed by atoms with Gasteiger partial charge in [0, 0.05) is 11.1 Å². The Balaban J connectivity index is 1.36. The Morgan fingerprint density at radius 2 is 1.16 bits per heavy atom. The van der Waals surface area contributed by atoms with Crippen molar-refractivity contribution in [3.05, 3.63) is 65.2 Å². The lowest BCUT2D eigenvalue weighted by Crippen LogP contribution is -2.51. The van der Waals surface area contributed by atoms with Gasteiger partial charge >= 0.3 is 0 Å². The van der Waals surface area contributed by atoms with Gasteiger partial charge in [0.05, 0.1) is 12.1 Å². The average molecular weight is 625 g/mol. The minimum atomic E-state index is -0.304. The van der Waals surface area contributed by atoms with E-state index in [4.69, 9.17) is 4.99 Å². The van der Waals surface area contributed by atoms with Crippen molar-refractivity contribution in [2.24, 2.45) is 16.8 Å². The van der Waals surface area contributed by atoms with E-state index in [2.05, 4.69) is 60.4 Å². The molecule has 4 heteroatoms. The molecule has 4 fully saturated rings. The summed E-state index contributed by atoms with van der Waals surface area (Å²) in [6.45, 7) is 2.12. The van der Waals surface area contributed by atoms with Gasteiger partial charge in [-0.05, 0) is 98.4 Å². The first-order valence-electron chi connectivity index (χ1n) is 19.1. The molecule has 1 heterocycles. The van der Waals surface area contributed by atoms with Crippen LogP contribution in [0.2, 0.25) is 0 Å². The molecule has 2 aromatic rings. The van der Waals surface area contributed by atoms with Gasteiger partial charge in [-0.25, -0.2) is 0 Å². The molecule has 2 aromatic carbocycles. The van der Waals surface area contributed by atoms with Crippen molar-refractivity contribution in [2.75, 3.05) is 0 Å². The minimum Gasteiger partial charge on any atom is -0.287 e. The van der Waals surface area contributed by atoms with Gasteiger partial charge < -0.3 is 0 Å². The number of aryl methyl sites for hydroxylation is 1. The molecule has 242 valence electrons. The molecule has 0 unspecified atom stereocenters. The second-order valence-corrected chi connectivity index (χ2v) is 18.0. The summed E-state index contributed by atoms with van der Waals surface area (Å²) in [4.78, 5) is 23.3. The number of nitrogens with zero attached hydrogens (tertiary/aromatic N) is 2. The molecular formula is C41H57N2OP. The predicted octanol–water partition coefficient (Wildman–Crippen LogP) is 10.6. The highest BCUT2D eigenvalue weighted by Gasteiger charge is 2.49. The van der Waals surface area contributed by atoms with Gasteiger partial charge in [-0.1, -0.05) is 127 Å². The van der Waals surface area contributed by atoms with E-state index in [0.717, 1.165) is 28.3 Å². The number of amidine groups is 1. The Labute approximate surface area is 274 Å². The van der Waals surface area contributed by atoms with Crippen LogP contribution in [0.4, 0.5) is 0 Å². The van der Waals surface area contributed by atoms with E-state index < -0.39 is 0 Å². The van der Waals surface area contributed by atoms with Crippen LogP contribution in [0.25, 0.3) is 0 Å². The first-order valence-corrected chi connectivity index (χ1v) is 20.5. The third kappa shape index (κ3) is 6.72. The van der Waals surface area contributed by atoms with Crippen molar-refractivity contribution < 1.29 is 4.79 Å². The maximum Gasteiger partial charge on any atom is 0.260 e. The largest absolute Gasteiger partial charge is 0.287 e. The van der Waals surface area contributed by atoms with Crippen LogP contribution in [0.3, 0.4) is 0 Å². The standard InChI is InChI=1S/C41H57N2OP/c1-30-18-14-15-27-35(30)41(44)43-39(32-21-8-3-9-22-32)38(31-19-6-2-7-20-31)42-40(43)36-28-16-17-29-37(36)45(33-23-10-4-11-24-33)34-25-12-5-13-26-34/h14-18,27-29,31-34,38-39H,2-13,19-26H2,1H3/t38-,39-/m1/s1. The maximum absolute atomic E-state index is 15.1. The van der Waals surface area contributed by atoms with Gasteiger partial charge in [0.2, 0.25) is 0 Å². The van der Waals surface area contributed by atoms with Gasteiger partial charge in [0.15, 0.2) is 0 Å². The van der Waals surface area contributed by atoms with Crippen molar-refractivity contribution in [3.63, 3.8) is 0 Å². The van der Waals surface area contributed by atoms with E-state index in [1.165, 1.54) is 134 Å². The Morgan fingerprint density at radius 3 is 1.76 bits per heavy atom. The normalized spacial score (nSPS) is 26.4. The molecular weight excluding hydrogens is 567 g/mol. The number of hydrogen-bond acceptors (Lipinski definition) is 2. The van der Waals surface area contributed by atoms with E-state index >= 15 is 4.79 Å². The fraction of sp³-hybridized carbons (Fsp3) is 0.659. The summed E-state index contributed by atoms with van der Waals surface area (Å²) >= 11 is 0. The maximum atomic E-state index is 15.1. The third-order valence-electron chi connectivity index (χ3n) is 12.4. The van der Waals surface area contributed by atoms with Crippen LogP contribution in [0.15, 0.2) is 53.5 Å². The molecule has 5 aliphatic rings. The van der Waals surface area contributed by atoms with Crippen LogP contribution in [0.1, 0.15) is 150 Å². The predicted molar refractivity (Wildman–Crippen MR) is 191 cm³/mol. The topological polar surface area (TPSA) is 32.7 Å². The fourth-order valence-electron chi connectivity index (χ4n) is 10.1. The molecule has 0 N–H and O–H groups in total. The average Bonchev–Trinajstić information content (AvgIpc) is 3.51. The summed E-state index contributed by atoms with van der Waals surface area (Å²) in [7, 11) is -0.304. The second kappa shape index (κ2) is 14.8. The highest BCUT2D eigenvalue weighted by Crippen LogP contribution is 2.56. The number of hydrogen-bond donors (Lipinski definition) is 0. The lowest BCUT2D eigenvalue weighted by molar-refractivity contribution is 0.0700. The Morgan fingerprint density at radius 1 is 0.644 bits per heavy atom. The van der Waals surface area contributed by atoms with Gasteiger partial charge in [0.1, 0.15) is 5.84 Å². The molecule has 0 saturated heterocycles. The Hall–Kier alpha value is -1.99. The zero-order valence-electron chi connectivity index (χ0n) is 28.0. The third-order valence-corrected chi connectivity index (χ3v) is 15.9. The van der Waals surface area contributed by atoms with E-state index in [1.807, 2.05) is 0 Å². The van der Waals surface area contributed by atoms with Gasteiger partial charge in [-0.2, -0.15) is 0 Å². The minimum absolute atomic E-state index is 0.194. The Bertz CT molecular complexity index is 1290. The van der Waals surface area contributed by atoms with Gasteiger partial charge in [-0.15, -0.1) is 0 Å². The van der Waals surface area contributed by atoms with Crippen molar-refractivity contribution in [3.8, 4) is 0 Å². The number of benzene rings is 2. The van der Waals surface area contributed by atoms with Crippen molar-refractivity contribution in [1.29, 1.82) is 0 Å². The Kier molecular flexibility index (Phi) is 10.4. The van der Waals surface area contributed by atoms with Crippen LogP contribution >= 0.6 is 7.92 Å². The molecule has 45 heavy (non-hydrogen) atoms. The number of amides is 1. The quantitative estimate of drug-likeness (QED) is 0.282. The second-order valence-electron chi connectivity index (χ2n) is 15.2. The molecule has 0 radical (unpaired) electrons.